The zero-order chi connectivity index (χ0) is 14.3. The molecule has 0 aliphatic rings. The van der Waals surface area contributed by atoms with Gasteiger partial charge in [-0.2, -0.15) is 0 Å². The number of carbonyl (C=O) groups is 2. The number of aliphatic carboxylic acids is 1. The molecule has 1 amide bonds. The van der Waals surface area contributed by atoms with Crippen LogP contribution in [0, 0.1) is 0 Å². The molecule has 1 aromatic carbocycles. The molecule has 7 heteroatoms. The number of anilines is 1. The van der Waals surface area contributed by atoms with Crippen LogP contribution in [0.2, 0.25) is 5.02 Å². The van der Waals surface area contributed by atoms with Crippen LogP contribution in [-0.2, 0) is 9.59 Å². The van der Waals surface area contributed by atoms with E-state index in [9.17, 15) is 9.59 Å². The Morgan fingerprint density at radius 2 is 1.90 bits per heavy atom. The minimum Gasteiger partial charge on any atom is -0.480 e. The third-order valence-electron chi connectivity index (χ3n) is 2.51. The molecule has 20 heavy (non-hydrogen) atoms. The normalized spacial score (nSPS) is 11.3. The second-order valence-corrected chi connectivity index (χ2v) is 4.55. The third kappa shape index (κ3) is 6.75. The average molecular weight is 321 g/mol. The first-order valence-corrected chi connectivity index (χ1v) is 6.42. The van der Waals surface area contributed by atoms with Gasteiger partial charge in [0.15, 0.2) is 0 Å². The van der Waals surface area contributed by atoms with Crippen molar-refractivity contribution in [2.45, 2.75) is 25.8 Å². The Morgan fingerprint density at radius 1 is 1.30 bits per heavy atom. The molecule has 3 N–H and O–H groups in total. The van der Waals surface area contributed by atoms with Gasteiger partial charge in [-0.3, -0.25) is 14.9 Å². The van der Waals surface area contributed by atoms with Gasteiger partial charge in [-0.1, -0.05) is 24.9 Å². The predicted molar refractivity (Wildman–Crippen MR) is 81.7 cm³/mol. The molecule has 1 rings (SSSR count). The zero-order valence-corrected chi connectivity index (χ0v) is 12.6. The van der Waals surface area contributed by atoms with E-state index in [0.717, 1.165) is 6.42 Å². The highest BCUT2D eigenvalue weighted by Crippen LogP contribution is 2.13. The van der Waals surface area contributed by atoms with E-state index in [2.05, 4.69) is 10.6 Å². The Balaban J connectivity index is 0.00000361. The Morgan fingerprint density at radius 3 is 2.40 bits per heavy atom. The second kappa shape index (κ2) is 9.58. The van der Waals surface area contributed by atoms with E-state index in [1.165, 1.54) is 0 Å². The molecule has 0 aliphatic heterocycles. The molecule has 0 heterocycles. The van der Waals surface area contributed by atoms with Crippen molar-refractivity contribution in [1.82, 2.24) is 5.32 Å². The summed E-state index contributed by atoms with van der Waals surface area (Å²) in [6.07, 6.45) is 1.23. The lowest BCUT2D eigenvalue weighted by Gasteiger charge is -2.13. The Kier molecular flexibility index (Phi) is 8.96. The Labute approximate surface area is 129 Å². The number of carbonyl (C=O) groups excluding carboxylic acids is 1. The van der Waals surface area contributed by atoms with Gasteiger partial charge in [-0.15, -0.1) is 12.4 Å². The lowest BCUT2D eigenvalue weighted by atomic mass is 10.2. The highest BCUT2D eigenvalue weighted by atomic mass is 35.5. The van der Waals surface area contributed by atoms with Crippen LogP contribution in [-0.4, -0.2) is 29.6 Å². The van der Waals surface area contributed by atoms with Crippen LogP contribution in [0.5, 0.6) is 0 Å². The SMILES string of the molecule is CCCC(NCC(=O)Nc1ccc(Cl)cc1)C(=O)O.Cl. The summed E-state index contributed by atoms with van der Waals surface area (Å²) in [5.74, 6) is -1.23. The Bertz CT molecular complexity index is 438. The first-order chi connectivity index (χ1) is 9.02. The minimum atomic E-state index is -0.943. The van der Waals surface area contributed by atoms with Crippen LogP contribution in [0.1, 0.15) is 19.8 Å². The van der Waals surface area contributed by atoms with Crippen LogP contribution in [0.4, 0.5) is 5.69 Å². The fourth-order valence-electron chi connectivity index (χ4n) is 1.56. The number of rotatable bonds is 7. The van der Waals surface area contributed by atoms with E-state index < -0.39 is 12.0 Å². The topological polar surface area (TPSA) is 78.4 Å². The molecule has 1 aromatic rings. The van der Waals surface area contributed by atoms with Crippen molar-refractivity contribution in [1.29, 1.82) is 0 Å². The lowest BCUT2D eigenvalue weighted by Crippen LogP contribution is -2.41. The number of amides is 1. The van der Waals surface area contributed by atoms with E-state index in [-0.39, 0.29) is 24.9 Å². The van der Waals surface area contributed by atoms with Gasteiger partial charge in [0, 0.05) is 10.7 Å². The fraction of sp³-hybridized carbons (Fsp3) is 0.385. The number of carboxylic acid groups (broad SMARTS) is 1. The maximum atomic E-state index is 11.6. The molecule has 0 spiro atoms. The van der Waals surface area contributed by atoms with E-state index in [1.807, 2.05) is 6.92 Å². The smallest absolute Gasteiger partial charge is 0.320 e. The number of benzene rings is 1. The highest BCUT2D eigenvalue weighted by molar-refractivity contribution is 6.30. The molecule has 1 unspecified atom stereocenters. The van der Waals surface area contributed by atoms with E-state index >= 15 is 0 Å². The number of hydrogen-bond donors (Lipinski definition) is 3. The van der Waals surface area contributed by atoms with Crippen molar-refractivity contribution in [2.24, 2.45) is 0 Å². The number of carboxylic acids is 1. The van der Waals surface area contributed by atoms with Crippen LogP contribution >= 0.6 is 24.0 Å². The van der Waals surface area contributed by atoms with Crippen LogP contribution in [0.15, 0.2) is 24.3 Å². The molecule has 0 aliphatic carbocycles. The summed E-state index contributed by atoms with van der Waals surface area (Å²) < 4.78 is 0. The lowest BCUT2D eigenvalue weighted by molar-refractivity contribution is -0.139. The predicted octanol–water partition coefficient (Wildman–Crippen LogP) is 2.54. The van der Waals surface area contributed by atoms with Gasteiger partial charge in [0.2, 0.25) is 5.91 Å². The summed E-state index contributed by atoms with van der Waals surface area (Å²) in [7, 11) is 0. The molecule has 0 bridgehead atoms. The van der Waals surface area contributed by atoms with Gasteiger partial charge in [-0.25, -0.2) is 0 Å². The van der Waals surface area contributed by atoms with E-state index in [4.69, 9.17) is 16.7 Å². The number of hydrogen-bond acceptors (Lipinski definition) is 3. The van der Waals surface area contributed by atoms with Gasteiger partial charge in [-0.05, 0) is 30.7 Å². The minimum absolute atomic E-state index is 0. The van der Waals surface area contributed by atoms with Crippen molar-refractivity contribution < 1.29 is 14.7 Å². The largest absolute Gasteiger partial charge is 0.480 e. The summed E-state index contributed by atoms with van der Waals surface area (Å²) >= 11 is 5.73. The molecule has 0 radical (unpaired) electrons. The van der Waals surface area contributed by atoms with Crippen molar-refractivity contribution in [3.05, 3.63) is 29.3 Å². The van der Waals surface area contributed by atoms with E-state index in [0.29, 0.717) is 17.1 Å². The van der Waals surface area contributed by atoms with Gasteiger partial charge in [0.05, 0.1) is 6.54 Å². The molecule has 112 valence electrons. The van der Waals surface area contributed by atoms with Crippen LogP contribution in [0.3, 0.4) is 0 Å². The fourth-order valence-corrected chi connectivity index (χ4v) is 1.68. The van der Waals surface area contributed by atoms with Gasteiger partial charge >= 0.3 is 5.97 Å². The second-order valence-electron chi connectivity index (χ2n) is 4.12. The van der Waals surface area contributed by atoms with Crippen molar-refractivity contribution in [3.63, 3.8) is 0 Å². The van der Waals surface area contributed by atoms with Crippen molar-refractivity contribution >= 4 is 41.6 Å². The number of halogens is 2. The van der Waals surface area contributed by atoms with Crippen LogP contribution < -0.4 is 10.6 Å². The molecular formula is C13H18Cl2N2O3. The van der Waals surface area contributed by atoms with Gasteiger partial charge in [0.1, 0.15) is 6.04 Å². The third-order valence-corrected chi connectivity index (χ3v) is 2.76. The van der Waals surface area contributed by atoms with Gasteiger partial charge in [0.25, 0.3) is 0 Å². The number of nitrogens with one attached hydrogen (secondary N) is 2. The first-order valence-electron chi connectivity index (χ1n) is 6.04. The average Bonchev–Trinajstić information content (AvgIpc) is 2.37. The van der Waals surface area contributed by atoms with Gasteiger partial charge < -0.3 is 10.4 Å². The van der Waals surface area contributed by atoms with Crippen molar-refractivity contribution in [2.75, 3.05) is 11.9 Å². The summed E-state index contributed by atoms with van der Waals surface area (Å²) in [5, 5.41) is 14.9. The molecule has 5 nitrogen and oxygen atoms in total. The summed E-state index contributed by atoms with van der Waals surface area (Å²) in [5.41, 5.74) is 0.624. The maximum absolute atomic E-state index is 11.6. The molecule has 0 fully saturated rings. The summed E-state index contributed by atoms with van der Waals surface area (Å²) in [4.78, 5) is 22.5. The monoisotopic (exact) mass is 320 g/mol. The first kappa shape index (κ1) is 18.7. The summed E-state index contributed by atoms with van der Waals surface area (Å²) in [6.45, 7) is 1.85. The molecule has 0 saturated heterocycles. The molecule has 0 aromatic heterocycles. The van der Waals surface area contributed by atoms with Crippen molar-refractivity contribution in [3.8, 4) is 0 Å². The zero-order valence-electron chi connectivity index (χ0n) is 11.1. The Hall–Kier alpha value is -1.30. The molecule has 0 saturated carbocycles. The standard InChI is InChI=1S/C13H17ClN2O3.ClH/c1-2-3-11(13(18)19)15-8-12(17)16-10-6-4-9(14)5-7-10;/h4-7,11,15H,2-3,8H2,1H3,(H,16,17)(H,18,19);1H. The van der Waals surface area contributed by atoms with E-state index in [1.54, 1.807) is 24.3 Å². The highest BCUT2D eigenvalue weighted by Gasteiger charge is 2.16. The summed E-state index contributed by atoms with van der Waals surface area (Å²) in [6, 6.07) is 6.01. The maximum Gasteiger partial charge on any atom is 0.320 e. The quantitative estimate of drug-likeness (QED) is 0.721. The van der Waals surface area contributed by atoms with Crippen LogP contribution in [0.25, 0.3) is 0 Å². The molecule has 1 atom stereocenters. The molecular weight excluding hydrogens is 303 g/mol.